The Morgan fingerprint density at radius 2 is 2.12 bits per heavy atom. The molecule has 4 nitrogen and oxygen atoms in total. The Bertz CT molecular complexity index is 511. The standard InChI is InChI=1S/C11H16N2O2S/c1-8-6-13(16(14,15)7-8)11-4-3-10(12)5-9(11)2/h3-5,8H,6-7,12H2,1-2H3. The highest BCUT2D eigenvalue weighted by molar-refractivity contribution is 7.93. The summed E-state index contributed by atoms with van der Waals surface area (Å²) in [5.74, 6) is 0.415. The molecule has 1 aromatic carbocycles. The molecule has 0 spiro atoms. The van der Waals surface area contributed by atoms with E-state index in [4.69, 9.17) is 5.73 Å². The highest BCUT2D eigenvalue weighted by Crippen LogP contribution is 2.30. The molecule has 5 heteroatoms. The van der Waals surface area contributed by atoms with Crippen LogP contribution in [0.15, 0.2) is 18.2 Å². The van der Waals surface area contributed by atoms with E-state index in [9.17, 15) is 8.42 Å². The van der Waals surface area contributed by atoms with Gasteiger partial charge in [0.2, 0.25) is 10.0 Å². The van der Waals surface area contributed by atoms with Gasteiger partial charge < -0.3 is 5.73 Å². The van der Waals surface area contributed by atoms with Gasteiger partial charge >= 0.3 is 0 Å². The molecule has 2 N–H and O–H groups in total. The summed E-state index contributed by atoms with van der Waals surface area (Å²) in [6, 6.07) is 5.31. The minimum Gasteiger partial charge on any atom is -0.399 e. The summed E-state index contributed by atoms with van der Waals surface area (Å²) in [6.45, 7) is 4.39. The Hall–Kier alpha value is -1.23. The first-order chi connectivity index (χ1) is 7.40. The fraction of sp³-hybridized carbons (Fsp3) is 0.455. The van der Waals surface area contributed by atoms with Crippen molar-refractivity contribution in [2.24, 2.45) is 5.92 Å². The lowest BCUT2D eigenvalue weighted by atomic mass is 10.1. The third kappa shape index (κ3) is 1.87. The van der Waals surface area contributed by atoms with Gasteiger partial charge in [-0.1, -0.05) is 6.92 Å². The molecular formula is C11H16N2O2S. The molecule has 16 heavy (non-hydrogen) atoms. The number of anilines is 2. The molecule has 1 aliphatic rings. The second-order valence-corrected chi connectivity index (χ2v) is 6.40. The van der Waals surface area contributed by atoms with Crippen LogP contribution in [0.25, 0.3) is 0 Å². The Morgan fingerprint density at radius 1 is 1.44 bits per heavy atom. The van der Waals surface area contributed by atoms with Crippen LogP contribution in [-0.4, -0.2) is 20.7 Å². The molecule has 0 aliphatic carbocycles. The second-order valence-electron chi connectivity index (χ2n) is 4.46. The van der Waals surface area contributed by atoms with E-state index >= 15 is 0 Å². The SMILES string of the molecule is Cc1cc(N)ccc1N1CC(C)CS1(=O)=O. The van der Waals surface area contributed by atoms with E-state index in [1.54, 1.807) is 18.2 Å². The lowest BCUT2D eigenvalue weighted by Gasteiger charge is -2.19. The number of hydrogen-bond acceptors (Lipinski definition) is 3. The molecule has 0 amide bonds. The van der Waals surface area contributed by atoms with Gasteiger partial charge in [0.05, 0.1) is 11.4 Å². The van der Waals surface area contributed by atoms with Crippen LogP contribution < -0.4 is 10.0 Å². The molecule has 0 bridgehead atoms. The number of sulfonamides is 1. The van der Waals surface area contributed by atoms with Gasteiger partial charge in [-0.25, -0.2) is 8.42 Å². The number of hydrogen-bond donors (Lipinski definition) is 1. The van der Waals surface area contributed by atoms with Crippen LogP contribution in [0.3, 0.4) is 0 Å². The largest absolute Gasteiger partial charge is 0.399 e. The minimum atomic E-state index is -3.13. The molecule has 0 aromatic heterocycles. The predicted octanol–water partition coefficient (Wildman–Crippen LogP) is 1.36. The molecule has 0 saturated carbocycles. The first-order valence-electron chi connectivity index (χ1n) is 5.26. The molecule has 1 aromatic rings. The summed E-state index contributed by atoms with van der Waals surface area (Å²) in [5, 5.41) is 0. The maximum Gasteiger partial charge on any atom is 0.235 e. The molecule has 1 aliphatic heterocycles. The van der Waals surface area contributed by atoms with E-state index in [-0.39, 0.29) is 11.7 Å². The Morgan fingerprint density at radius 3 is 2.62 bits per heavy atom. The van der Waals surface area contributed by atoms with Gasteiger partial charge in [0.1, 0.15) is 0 Å². The number of benzene rings is 1. The van der Waals surface area contributed by atoms with Crippen molar-refractivity contribution in [2.45, 2.75) is 13.8 Å². The maximum atomic E-state index is 11.9. The zero-order valence-corrected chi connectivity index (χ0v) is 10.3. The number of nitrogens with zero attached hydrogens (tertiary/aromatic N) is 1. The van der Waals surface area contributed by atoms with Crippen LogP contribution in [0, 0.1) is 12.8 Å². The summed E-state index contributed by atoms with van der Waals surface area (Å²) >= 11 is 0. The number of aryl methyl sites for hydroxylation is 1. The van der Waals surface area contributed by atoms with Crippen molar-refractivity contribution in [1.29, 1.82) is 0 Å². The first-order valence-corrected chi connectivity index (χ1v) is 6.87. The lowest BCUT2D eigenvalue weighted by Crippen LogP contribution is -2.26. The van der Waals surface area contributed by atoms with Crippen LogP contribution in [-0.2, 0) is 10.0 Å². The summed E-state index contributed by atoms with van der Waals surface area (Å²) < 4.78 is 25.3. The molecule has 1 heterocycles. The van der Waals surface area contributed by atoms with Crippen LogP contribution in [0.4, 0.5) is 11.4 Å². The lowest BCUT2D eigenvalue weighted by molar-refractivity contribution is 0.598. The summed E-state index contributed by atoms with van der Waals surface area (Å²) in [7, 11) is -3.13. The van der Waals surface area contributed by atoms with E-state index in [2.05, 4.69) is 0 Å². The van der Waals surface area contributed by atoms with Crippen LogP contribution in [0.5, 0.6) is 0 Å². The van der Waals surface area contributed by atoms with Crippen molar-refractivity contribution in [1.82, 2.24) is 0 Å². The van der Waals surface area contributed by atoms with Crippen molar-refractivity contribution in [3.05, 3.63) is 23.8 Å². The van der Waals surface area contributed by atoms with Gasteiger partial charge in [-0.05, 0) is 36.6 Å². The third-order valence-corrected chi connectivity index (χ3v) is 4.81. The van der Waals surface area contributed by atoms with Crippen molar-refractivity contribution < 1.29 is 8.42 Å². The topological polar surface area (TPSA) is 63.4 Å². The molecule has 1 saturated heterocycles. The average molecular weight is 240 g/mol. The molecule has 1 fully saturated rings. The van der Waals surface area contributed by atoms with Gasteiger partial charge in [-0.3, -0.25) is 4.31 Å². The first kappa shape index (κ1) is 11.3. The average Bonchev–Trinajstić information content (AvgIpc) is 2.39. The number of nitrogens with two attached hydrogens (primary N) is 1. The van der Waals surface area contributed by atoms with E-state index in [0.29, 0.717) is 12.2 Å². The zero-order valence-electron chi connectivity index (χ0n) is 9.47. The monoisotopic (exact) mass is 240 g/mol. The van der Waals surface area contributed by atoms with E-state index < -0.39 is 10.0 Å². The molecule has 0 radical (unpaired) electrons. The molecule has 1 atom stereocenters. The van der Waals surface area contributed by atoms with Crippen LogP contribution in [0.2, 0.25) is 0 Å². The van der Waals surface area contributed by atoms with E-state index in [1.165, 1.54) is 4.31 Å². The van der Waals surface area contributed by atoms with Crippen molar-refractivity contribution in [2.75, 3.05) is 22.3 Å². The van der Waals surface area contributed by atoms with Crippen molar-refractivity contribution in [3.8, 4) is 0 Å². The molecule has 2 rings (SSSR count). The van der Waals surface area contributed by atoms with Gasteiger partial charge in [0, 0.05) is 12.2 Å². The van der Waals surface area contributed by atoms with Crippen LogP contribution in [0.1, 0.15) is 12.5 Å². The zero-order chi connectivity index (χ0) is 11.9. The minimum absolute atomic E-state index is 0.182. The van der Waals surface area contributed by atoms with E-state index in [1.807, 2.05) is 13.8 Å². The van der Waals surface area contributed by atoms with E-state index in [0.717, 1.165) is 11.3 Å². The van der Waals surface area contributed by atoms with Gasteiger partial charge in [-0.15, -0.1) is 0 Å². The third-order valence-electron chi connectivity index (χ3n) is 2.80. The Balaban J connectivity index is 2.45. The predicted molar refractivity (Wildman–Crippen MR) is 65.9 cm³/mol. The summed E-state index contributed by atoms with van der Waals surface area (Å²) in [4.78, 5) is 0. The van der Waals surface area contributed by atoms with Gasteiger partial charge in [-0.2, -0.15) is 0 Å². The van der Waals surface area contributed by atoms with Gasteiger partial charge in [0.15, 0.2) is 0 Å². The Labute approximate surface area is 96.1 Å². The number of nitrogen functional groups attached to an aromatic ring is 1. The molecule has 88 valence electrons. The Kier molecular flexibility index (Phi) is 2.58. The normalized spacial score (nSPS) is 23.6. The highest BCUT2D eigenvalue weighted by Gasteiger charge is 2.34. The van der Waals surface area contributed by atoms with Gasteiger partial charge in [0.25, 0.3) is 0 Å². The van der Waals surface area contributed by atoms with Crippen molar-refractivity contribution in [3.63, 3.8) is 0 Å². The fourth-order valence-electron chi connectivity index (χ4n) is 2.11. The fourth-order valence-corrected chi connectivity index (χ4v) is 4.10. The van der Waals surface area contributed by atoms with Crippen molar-refractivity contribution >= 4 is 21.4 Å². The highest BCUT2D eigenvalue weighted by atomic mass is 32.2. The number of rotatable bonds is 1. The summed E-state index contributed by atoms with van der Waals surface area (Å²) in [6.07, 6.45) is 0. The smallest absolute Gasteiger partial charge is 0.235 e. The van der Waals surface area contributed by atoms with Crippen LogP contribution >= 0.6 is 0 Å². The maximum absolute atomic E-state index is 11.9. The molecular weight excluding hydrogens is 224 g/mol. The quantitative estimate of drug-likeness (QED) is 0.754. The second kappa shape index (κ2) is 3.66. The molecule has 1 unspecified atom stereocenters. The summed E-state index contributed by atoms with van der Waals surface area (Å²) in [5.41, 5.74) is 7.96.